The van der Waals surface area contributed by atoms with Crippen molar-refractivity contribution in [3.8, 4) is 0 Å². The largest absolute Gasteiger partial charge is 0.392 e. The molecule has 0 radical (unpaired) electrons. The number of hydrogen-bond acceptors (Lipinski definition) is 4. The van der Waals surface area contributed by atoms with Gasteiger partial charge in [-0.1, -0.05) is 6.92 Å². The summed E-state index contributed by atoms with van der Waals surface area (Å²) in [6.45, 7) is 4.48. The Labute approximate surface area is 91.8 Å². The Balaban J connectivity index is 2.31. The van der Waals surface area contributed by atoms with Crippen LogP contribution in [0.2, 0.25) is 0 Å². The molecule has 1 aliphatic rings. The van der Waals surface area contributed by atoms with E-state index in [9.17, 15) is 10.2 Å². The van der Waals surface area contributed by atoms with Gasteiger partial charge in [-0.15, -0.1) is 0 Å². The van der Waals surface area contributed by atoms with E-state index in [1.807, 2.05) is 18.9 Å². The maximum absolute atomic E-state index is 10.2. The van der Waals surface area contributed by atoms with Crippen molar-refractivity contribution in [3.63, 3.8) is 0 Å². The van der Waals surface area contributed by atoms with Crippen LogP contribution in [0.5, 0.6) is 0 Å². The van der Waals surface area contributed by atoms with E-state index in [2.05, 4.69) is 0 Å². The summed E-state index contributed by atoms with van der Waals surface area (Å²) in [5, 5.41) is 19.7. The van der Waals surface area contributed by atoms with Crippen LogP contribution in [0.4, 0.5) is 0 Å². The van der Waals surface area contributed by atoms with Gasteiger partial charge >= 0.3 is 0 Å². The Kier molecular flexibility index (Phi) is 4.99. The van der Waals surface area contributed by atoms with Gasteiger partial charge < -0.3 is 19.8 Å². The van der Waals surface area contributed by atoms with E-state index >= 15 is 0 Å². The van der Waals surface area contributed by atoms with Crippen LogP contribution in [0.1, 0.15) is 26.2 Å². The van der Waals surface area contributed by atoms with E-state index in [0.29, 0.717) is 39.1 Å². The molecule has 0 aromatic rings. The maximum atomic E-state index is 10.2. The number of nitrogens with zero attached hydrogens (tertiary/aromatic N) is 1. The van der Waals surface area contributed by atoms with Gasteiger partial charge in [-0.3, -0.25) is 0 Å². The molecular weight excluding hydrogens is 194 g/mol. The van der Waals surface area contributed by atoms with Gasteiger partial charge in [0.05, 0.1) is 11.7 Å². The van der Waals surface area contributed by atoms with Gasteiger partial charge in [-0.05, 0) is 13.5 Å². The number of aliphatic hydroxyl groups is 2. The molecule has 2 N–H and O–H groups in total. The summed E-state index contributed by atoms with van der Waals surface area (Å²) in [5.74, 6) is 0. The third-order valence-corrected chi connectivity index (χ3v) is 2.98. The standard InChI is InChI=1S/C11H23NO3/c1-3-10(13)8-12(2)9-11(14)4-6-15-7-5-11/h10,13-14H,3-9H2,1-2H3. The van der Waals surface area contributed by atoms with Crippen LogP contribution in [-0.4, -0.2) is 60.2 Å². The Bertz CT molecular complexity index is 181. The lowest BCUT2D eigenvalue weighted by Crippen LogP contribution is -2.47. The van der Waals surface area contributed by atoms with Gasteiger partial charge in [-0.2, -0.15) is 0 Å². The molecule has 0 amide bonds. The molecule has 1 saturated heterocycles. The minimum atomic E-state index is -0.625. The fourth-order valence-corrected chi connectivity index (χ4v) is 1.97. The molecule has 0 aliphatic carbocycles. The van der Waals surface area contributed by atoms with Gasteiger partial charge in [0.25, 0.3) is 0 Å². The highest BCUT2D eigenvalue weighted by Crippen LogP contribution is 2.21. The van der Waals surface area contributed by atoms with E-state index < -0.39 is 5.60 Å². The first-order valence-corrected chi connectivity index (χ1v) is 5.72. The molecule has 1 heterocycles. The summed E-state index contributed by atoms with van der Waals surface area (Å²) in [6, 6.07) is 0. The van der Waals surface area contributed by atoms with Crippen LogP contribution in [0.15, 0.2) is 0 Å². The van der Waals surface area contributed by atoms with E-state index in [1.54, 1.807) is 0 Å². The second-order valence-corrected chi connectivity index (χ2v) is 4.60. The molecule has 0 aromatic carbocycles. The quantitative estimate of drug-likeness (QED) is 0.692. The molecule has 0 aromatic heterocycles. The summed E-state index contributed by atoms with van der Waals surface area (Å²) >= 11 is 0. The Morgan fingerprint density at radius 2 is 2.00 bits per heavy atom. The SMILES string of the molecule is CCC(O)CN(C)CC1(O)CCOCC1. The monoisotopic (exact) mass is 217 g/mol. The third-order valence-electron chi connectivity index (χ3n) is 2.98. The molecule has 15 heavy (non-hydrogen) atoms. The van der Waals surface area contributed by atoms with Crippen LogP contribution in [0.25, 0.3) is 0 Å². The molecule has 0 spiro atoms. The summed E-state index contributed by atoms with van der Waals surface area (Å²) < 4.78 is 5.22. The van der Waals surface area contributed by atoms with E-state index in [4.69, 9.17) is 4.74 Å². The van der Waals surface area contributed by atoms with Crippen molar-refractivity contribution in [2.24, 2.45) is 0 Å². The highest BCUT2D eigenvalue weighted by Gasteiger charge is 2.31. The van der Waals surface area contributed by atoms with Crippen molar-refractivity contribution in [1.29, 1.82) is 0 Å². The number of aliphatic hydroxyl groups excluding tert-OH is 1. The highest BCUT2D eigenvalue weighted by atomic mass is 16.5. The molecule has 0 saturated carbocycles. The summed E-state index contributed by atoms with van der Waals surface area (Å²) in [7, 11) is 1.94. The van der Waals surface area contributed by atoms with Crippen LogP contribution in [0.3, 0.4) is 0 Å². The minimum Gasteiger partial charge on any atom is -0.392 e. The molecule has 1 fully saturated rings. The lowest BCUT2D eigenvalue weighted by Gasteiger charge is -2.35. The molecule has 4 heteroatoms. The Hall–Kier alpha value is -0.160. The van der Waals surface area contributed by atoms with E-state index in [0.717, 1.165) is 6.42 Å². The molecule has 1 rings (SSSR count). The molecule has 1 aliphatic heterocycles. The first-order chi connectivity index (χ1) is 7.06. The first kappa shape index (κ1) is 12.9. The first-order valence-electron chi connectivity index (χ1n) is 5.72. The lowest BCUT2D eigenvalue weighted by molar-refractivity contribution is -0.0798. The van der Waals surface area contributed by atoms with Crippen molar-refractivity contribution in [2.75, 3.05) is 33.4 Å². The molecular formula is C11H23NO3. The van der Waals surface area contributed by atoms with Gasteiger partial charge in [0.1, 0.15) is 0 Å². The van der Waals surface area contributed by atoms with E-state index in [1.165, 1.54) is 0 Å². The highest BCUT2D eigenvalue weighted by molar-refractivity contribution is 4.84. The second-order valence-electron chi connectivity index (χ2n) is 4.60. The second kappa shape index (κ2) is 5.80. The molecule has 1 atom stereocenters. The predicted molar refractivity (Wildman–Crippen MR) is 58.8 cm³/mol. The van der Waals surface area contributed by atoms with E-state index in [-0.39, 0.29) is 6.10 Å². The zero-order chi connectivity index (χ0) is 11.3. The van der Waals surface area contributed by atoms with Crippen LogP contribution < -0.4 is 0 Å². The fourth-order valence-electron chi connectivity index (χ4n) is 1.97. The van der Waals surface area contributed by atoms with Gasteiger partial charge in [0, 0.05) is 39.1 Å². The number of ether oxygens (including phenoxy) is 1. The average molecular weight is 217 g/mol. The minimum absolute atomic E-state index is 0.293. The number of likely N-dealkylation sites (N-methyl/N-ethyl adjacent to an activating group) is 1. The van der Waals surface area contributed by atoms with Crippen LogP contribution in [-0.2, 0) is 4.74 Å². The van der Waals surface area contributed by atoms with Crippen molar-refractivity contribution in [2.45, 2.75) is 37.9 Å². The molecule has 90 valence electrons. The van der Waals surface area contributed by atoms with Gasteiger partial charge in [0.15, 0.2) is 0 Å². The van der Waals surface area contributed by atoms with Crippen molar-refractivity contribution >= 4 is 0 Å². The molecule has 4 nitrogen and oxygen atoms in total. The molecule has 0 bridgehead atoms. The zero-order valence-corrected chi connectivity index (χ0v) is 9.78. The summed E-state index contributed by atoms with van der Waals surface area (Å²) in [6.07, 6.45) is 1.85. The topological polar surface area (TPSA) is 52.9 Å². The predicted octanol–water partition coefficient (Wildman–Crippen LogP) is 0.231. The smallest absolute Gasteiger partial charge is 0.0817 e. The van der Waals surface area contributed by atoms with Crippen molar-refractivity contribution < 1.29 is 14.9 Å². The van der Waals surface area contributed by atoms with Gasteiger partial charge in [0.2, 0.25) is 0 Å². The maximum Gasteiger partial charge on any atom is 0.0817 e. The van der Waals surface area contributed by atoms with Gasteiger partial charge in [-0.25, -0.2) is 0 Å². The Morgan fingerprint density at radius 1 is 1.40 bits per heavy atom. The average Bonchev–Trinajstić information content (AvgIpc) is 2.17. The zero-order valence-electron chi connectivity index (χ0n) is 9.78. The van der Waals surface area contributed by atoms with Crippen LogP contribution >= 0.6 is 0 Å². The fraction of sp³-hybridized carbons (Fsp3) is 1.00. The van der Waals surface area contributed by atoms with Crippen molar-refractivity contribution in [3.05, 3.63) is 0 Å². The Morgan fingerprint density at radius 3 is 2.53 bits per heavy atom. The number of hydrogen-bond donors (Lipinski definition) is 2. The lowest BCUT2D eigenvalue weighted by atomic mass is 9.94. The van der Waals surface area contributed by atoms with Crippen LogP contribution in [0, 0.1) is 0 Å². The summed E-state index contributed by atoms with van der Waals surface area (Å²) in [5.41, 5.74) is -0.625. The summed E-state index contributed by atoms with van der Waals surface area (Å²) in [4.78, 5) is 2.00. The van der Waals surface area contributed by atoms with Crippen molar-refractivity contribution in [1.82, 2.24) is 4.90 Å². The molecule has 1 unspecified atom stereocenters. The number of rotatable bonds is 5. The normalized spacial score (nSPS) is 23.0. The third kappa shape index (κ3) is 4.47.